The minimum absolute atomic E-state index is 0.114. The minimum Gasteiger partial charge on any atom is -0.337 e. The maximum atomic E-state index is 14.1. The Hall–Kier alpha value is -3.28. The van der Waals surface area contributed by atoms with Crippen LogP contribution in [-0.2, 0) is 0 Å². The topological polar surface area (TPSA) is 93.0 Å². The molecular weight excluding hydrogens is 409 g/mol. The number of halogens is 2. The van der Waals surface area contributed by atoms with E-state index >= 15 is 0 Å². The highest BCUT2D eigenvalue weighted by atomic mass is 35.5. The van der Waals surface area contributed by atoms with E-state index in [1.54, 1.807) is 6.07 Å². The van der Waals surface area contributed by atoms with Crippen molar-refractivity contribution in [3.8, 4) is 11.8 Å². The summed E-state index contributed by atoms with van der Waals surface area (Å²) in [6, 6.07) is 7.03. The van der Waals surface area contributed by atoms with Crippen LogP contribution in [-0.4, -0.2) is 28.0 Å². The van der Waals surface area contributed by atoms with E-state index in [0.29, 0.717) is 33.3 Å². The monoisotopic (exact) mass is 423 g/mol. The van der Waals surface area contributed by atoms with Gasteiger partial charge in [-0.25, -0.2) is 14.4 Å². The van der Waals surface area contributed by atoms with Crippen molar-refractivity contribution in [2.75, 3.05) is 18.4 Å². The quantitative estimate of drug-likeness (QED) is 0.377. The van der Waals surface area contributed by atoms with Gasteiger partial charge in [0.15, 0.2) is 0 Å². The van der Waals surface area contributed by atoms with Gasteiger partial charge in [0.05, 0.1) is 16.1 Å². The van der Waals surface area contributed by atoms with Gasteiger partial charge in [0.2, 0.25) is 0 Å². The van der Waals surface area contributed by atoms with Crippen LogP contribution in [0.25, 0.3) is 10.9 Å². The molecule has 0 bridgehead atoms. The van der Waals surface area contributed by atoms with E-state index in [1.807, 2.05) is 0 Å². The summed E-state index contributed by atoms with van der Waals surface area (Å²) in [7, 11) is 0. The molecule has 2 heterocycles. The van der Waals surface area contributed by atoms with Crippen molar-refractivity contribution in [3.05, 3.63) is 63.2 Å². The van der Waals surface area contributed by atoms with Crippen LogP contribution in [0, 0.1) is 45.5 Å². The van der Waals surface area contributed by atoms with Gasteiger partial charge >= 0.3 is 0 Å². The number of aromatic nitrogens is 2. The summed E-state index contributed by atoms with van der Waals surface area (Å²) in [5.74, 6) is 7.27. The first-order valence-electron chi connectivity index (χ1n) is 9.39. The van der Waals surface area contributed by atoms with Crippen LogP contribution >= 0.6 is 11.6 Å². The van der Waals surface area contributed by atoms with E-state index in [9.17, 15) is 14.5 Å². The van der Waals surface area contributed by atoms with Crippen LogP contribution in [0.15, 0.2) is 36.7 Å². The molecule has 9 heteroatoms. The molecule has 2 N–H and O–H groups in total. The summed E-state index contributed by atoms with van der Waals surface area (Å²) in [4.78, 5) is 19.5. The molecule has 1 aliphatic heterocycles. The number of anilines is 2. The van der Waals surface area contributed by atoms with Gasteiger partial charge in [-0.3, -0.25) is 10.1 Å². The van der Waals surface area contributed by atoms with Crippen LogP contribution in [0.2, 0.25) is 5.02 Å². The number of fused-ring (bicyclic) bond motifs is 2. The Morgan fingerprint density at radius 3 is 2.80 bits per heavy atom. The summed E-state index contributed by atoms with van der Waals surface area (Å²) in [6.07, 6.45) is 1.31. The third kappa shape index (κ3) is 3.32. The molecule has 5 rings (SSSR count). The molecule has 0 radical (unpaired) electrons. The molecule has 1 saturated heterocycles. The lowest BCUT2D eigenvalue weighted by Gasteiger charge is -2.10. The number of hydrogen-bond acceptors (Lipinski definition) is 6. The molecule has 2 aromatic carbocycles. The van der Waals surface area contributed by atoms with Crippen molar-refractivity contribution in [2.45, 2.75) is 0 Å². The molecule has 30 heavy (non-hydrogen) atoms. The number of nitrogens with zero attached hydrogens (tertiary/aromatic N) is 3. The lowest BCUT2D eigenvalue weighted by Crippen LogP contribution is -2.13. The summed E-state index contributed by atoms with van der Waals surface area (Å²) in [5, 5.41) is 18.6. The number of piperidine rings is 1. The zero-order valence-corrected chi connectivity index (χ0v) is 16.3. The van der Waals surface area contributed by atoms with Gasteiger partial charge in [-0.1, -0.05) is 23.4 Å². The van der Waals surface area contributed by atoms with Crippen LogP contribution in [0.5, 0.6) is 0 Å². The number of rotatable bonds is 3. The number of hydrogen-bond donors (Lipinski definition) is 2. The maximum Gasteiger partial charge on any atom is 0.285 e. The normalized spacial score (nSPS) is 21.6. The van der Waals surface area contributed by atoms with Gasteiger partial charge in [0, 0.05) is 22.4 Å². The predicted molar refractivity (Wildman–Crippen MR) is 111 cm³/mol. The SMILES string of the molecule is O=[N+]([O-])c1cc2c(Nc3cc(Cl)ccc3F)ncnc2cc1C#C[C@H]1[C@H]2CNC[C@@H]12. The molecule has 3 atom stereocenters. The van der Waals surface area contributed by atoms with E-state index in [1.165, 1.54) is 30.6 Å². The van der Waals surface area contributed by atoms with Gasteiger partial charge in [-0.05, 0) is 49.2 Å². The molecule has 0 unspecified atom stereocenters. The lowest BCUT2D eigenvalue weighted by atomic mass is 10.1. The summed E-state index contributed by atoms with van der Waals surface area (Å²) in [5.41, 5.74) is 0.762. The van der Waals surface area contributed by atoms with E-state index in [0.717, 1.165) is 13.1 Å². The molecular formula is C21H15ClFN5O2. The molecule has 2 aliphatic rings. The molecule has 150 valence electrons. The zero-order valence-electron chi connectivity index (χ0n) is 15.5. The van der Waals surface area contributed by atoms with Gasteiger partial charge in [-0.15, -0.1) is 0 Å². The van der Waals surface area contributed by atoms with E-state index in [2.05, 4.69) is 32.4 Å². The molecule has 1 aliphatic carbocycles. The number of nitro groups is 1. The summed E-state index contributed by atoms with van der Waals surface area (Å²) in [6.45, 7) is 1.90. The Balaban J connectivity index is 1.55. The van der Waals surface area contributed by atoms with Crippen LogP contribution in [0.4, 0.5) is 21.6 Å². The highest BCUT2D eigenvalue weighted by Gasteiger charge is 2.51. The molecule has 0 spiro atoms. The average Bonchev–Trinajstić information content (AvgIpc) is 3.14. The van der Waals surface area contributed by atoms with E-state index < -0.39 is 10.7 Å². The van der Waals surface area contributed by atoms with Gasteiger partial charge in [0.25, 0.3) is 5.69 Å². The van der Waals surface area contributed by atoms with Crippen molar-refractivity contribution in [1.82, 2.24) is 15.3 Å². The number of nitro benzene ring substituents is 1. The first-order chi connectivity index (χ1) is 14.5. The highest BCUT2D eigenvalue weighted by molar-refractivity contribution is 6.30. The van der Waals surface area contributed by atoms with Crippen molar-refractivity contribution >= 4 is 39.7 Å². The molecule has 0 amide bonds. The van der Waals surface area contributed by atoms with Crippen LogP contribution in [0.1, 0.15) is 5.56 Å². The Kier molecular flexibility index (Phi) is 4.50. The minimum atomic E-state index is -0.521. The van der Waals surface area contributed by atoms with E-state index in [-0.39, 0.29) is 23.1 Å². The first kappa shape index (κ1) is 18.7. The van der Waals surface area contributed by atoms with Crippen molar-refractivity contribution < 1.29 is 9.31 Å². The Bertz CT molecular complexity index is 1250. The van der Waals surface area contributed by atoms with Crippen molar-refractivity contribution in [3.63, 3.8) is 0 Å². The Labute approximate surface area is 175 Å². The zero-order chi connectivity index (χ0) is 20.8. The third-order valence-electron chi connectivity index (χ3n) is 5.60. The fourth-order valence-electron chi connectivity index (χ4n) is 3.96. The number of nitrogens with one attached hydrogen (secondary N) is 2. The predicted octanol–water partition coefficient (Wildman–Crippen LogP) is 3.89. The maximum absolute atomic E-state index is 14.1. The third-order valence-corrected chi connectivity index (χ3v) is 5.83. The van der Waals surface area contributed by atoms with E-state index in [4.69, 9.17) is 11.6 Å². The molecule has 3 aromatic rings. The second-order valence-corrected chi connectivity index (χ2v) is 7.83. The number of benzene rings is 2. The molecule has 1 saturated carbocycles. The van der Waals surface area contributed by atoms with Gasteiger partial charge in [-0.2, -0.15) is 0 Å². The highest BCUT2D eigenvalue weighted by Crippen LogP contribution is 2.48. The molecule has 7 nitrogen and oxygen atoms in total. The fraction of sp³-hybridized carbons (Fsp3) is 0.238. The van der Waals surface area contributed by atoms with Crippen LogP contribution in [0.3, 0.4) is 0 Å². The van der Waals surface area contributed by atoms with Gasteiger partial charge < -0.3 is 10.6 Å². The summed E-state index contributed by atoms with van der Waals surface area (Å²) < 4.78 is 14.1. The average molecular weight is 424 g/mol. The second kappa shape index (κ2) is 7.20. The smallest absolute Gasteiger partial charge is 0.285 e. The lowest BCUT2D eigenvalue weighted by molar-refractivity contribution is -0.385. The van der Waals surface area contributed by atoms with Crippen molar-refractivity contribution in [1.29, 1.82) is 0 Å². The standard InChI is InChI=1S/C21H15ClFN5O2/c22-12-2-4-17(23)19(6-12)27-21-14-7-20(28(29)30)11(5-18(14)25-10-26-21)1-3-13-15-8-24-9-16(13)15/h2,4-7,10,13,15-16,24H,8-9H2,(H,25,26,27)/t13-,15+,16-. The van der Waals surface area contributed by atoms with Gasteiger partial charge in [0.1, 0.15) is 23.5 Å². The molecule has 2 fully saturated rings. The van der Waals surface area contributed by atoms with Crippen LogP contribution < -0.4 is 10.6 Å². The second-order valence-electron chi connectivity index (χ2n) is 7.40. The summed E-state index contributed by atoms with van der Waals surface area (Å²) >= 11 is 5.94. The largest absolute Gasteiger partial charge is 0.337 e. The Morgan fingerprint density at radius 2 is 2.03 bits per heavy atom. The fourth-order valence-corrected chi connectivity index (χ4v) is 4.13. The Morgan fingerprint density at radius 1 is 1.23 bits per heavy atom. The first-order valence-corrected chi connectivity index (χ1v) is 9.76. The molecule has 1 aromatic heterocycles. The van der Waals surface area contributed by atoms with Crippen molar-refractivity contribution in [2.24, 2.45) is 17.8 Å².